The van der Waals surface area contributed by atoms with E-state index < -0.39 is 0 Å². The second-order valence-corrected chi connectivity index (χ2v) is 7.18. The molecule has 4 rings (SSSR count). The highest BCUT2D eigenvalue weighted by molar-refractivity contribution is 5.84. The third-order valence-corrected chi connectivity index (χ3v) is 6.23. The third-order valence-electron chi connectivity index (χ3n) is 6.23. The number of hydrogen-bond acceptors (Lipinski definition) is 3. The molecule has 2 N–H and O–H groups in total. The van der Waals surface area contributed by atoms with Crippen LogP contribution in [-0.4, -0.2) is 28.9 Å². The van der Waals surface area contributed by atoms with E-state index in [9.17, 15) is 10.1 Å². The number of amides is 1. The summed E-state index contributed by atoms with van der Waals surface area (Å²) in [7, 11) is 0. The fourth-order valence-corrected chi connectivity index (χ4v) is 4.99. The van der Waals surface area contributed by atoms with Crippen molar-refractivity contribution in [3.63, 3.8) is 0 Å². The number of likely N-dealkylation sites (tertiary alicyclic amines) is 1. The molecule has 3 saturated carbocycles. The van der Waals surface area contributed by atoms with Crippen LogP contribution < -0.4 is 5.73 Å². The van der Waals surface area contributed by atoms with Crippen molar-refractivity contribution >= 4 is 5.91 Å². The molecular formula is C15H21N3O. The van der Waals surface area contributed by atoms with E-state index in [1.807, 2.05) is 4.90 Å². The first-order valence-electron chi connectivity index (χ1n) is 7.62. The first-order chi connectivity index (χ1) is 9.14. The van der Waals surface area contributed by atoms with Crippen LogP contribution in [0.5, 0.6) is 0 Å². The topological polar surface area (TPSA) is 70.1 Å². The second-order valence-electron chi connectivity index (χ2n) is 7.18. The molecule has 3 unspecified atom stereocenters. The lowest BCUT2D eigenvalue weighted by Gasteiger charge is -2.36. The fourth-order valence-electron chi connectivity index (χ4n) is 4.99. The van der Waals surface area contributed by atoms with Crippen LogP contribution >= 0.6 is 0 Å². The molecule has 2 bridgehead atoms. The Kier molecular flexibility index (Phi) is 2.30. The Labute approximate surface area is 113 Å². The normalized spacial score (nSPS) is 47.9. The zero-order chi connectivity index (χ0) is 13.2. The van der Waals surface area contributed by atoms with Gasteiger partial charge in [-0.05, 0) is 62.2 Å². The van der Waals surface area contributed by atoms with Crippen molar-refractivity contribution in [3.05, 3.63) is 0 Å². The summed E-state index contributed by atoms with van der Waals surface area (Å²) in [4.78, 5) is 14.6. The predicted octanol–water partition coefficient (Wildman–Crippen LogP) is 1.41. The van der Waals surface area contributed by atoms with E-state index in [-0.39, 0.29) is 23.4 Å². The molecule has 1 saturated heterocycles. The van der Waals surface area contributed by atoms with Crippen LogP contribution in [0.4, 0.5) is 0 Å². The van der Waals surface area contributed by atoms with Gasteiger partial charge in [-0.1, -0.05) is 0 Å². The highest BCUT2D eigenvalue weighted by Crippen LogP contribution is 2.56. The lowest BCUT2D eigenvalue weighted by atomic mass is 9.77. The molecule has 4 aliphatic rings. The van der Waals surface area contributed by atoms with Crippen LogP contribution in [0.25, 0.3) is 0 Å². The van der Waals surface area contributed by atoms with Gasteiger partial charge in [0, 0.05) is 6.04 Å². The molecule has 4 fully saturated rings. The van der Waals surface area contributed by atoms with E-state index in [4.69, 9.17) is 5.73 Å². The summed E-state index contributed by atoms with van der Waals surface area (Å²) in [6.07, 6.45) is 7.82. The third kappa shape index (κ3) is 1.51. The molecule has 1 aliphatic heterocycles. The molecule has 102 valence electrons. The Balaban J connectivity index is 1.55. The number of nitrogens with two attached hydrogens (primary N) is 1. The zero-order valence-electron chi connectivity index (χ0n) is 11.2. The maximum atomic E-state index is 12.8. The summed E-state index contributed by atoms with van der Waals surface area (Å²) in [5.74, 6) is 1.45. The summed E-state index contributed by atoms with van der Waals surface area (Å²) in [6.45, 7) is 0. The first-order valence-corrected chi connectivity index (χ1v) is 7.62. The van der Waals surface area contributed by atoms with Crippen LogP contribution in [0.15, 0.2) is 0 Å². The van der Waals surface area contributed by atoms with Gasteiger partial charge in [0.25, 0.3) is 0 Å². The molecule has 3 aliphatic carbocycles. The Hall–Kier alpha value is -1.08. The van der Waals surface area contributed by atoms with Crippen LogP contribution in [0, 0.1) is 28.6 Å². The molecule has 4 nitrogen and oxygen atoms in total. The van der Waals surface area contributed by atoms with Gasteiger partial charge in [-0.3, -0.25) is 4.79 Å². The molecule has 0 aromatic heterocycles. The van der Waals surface area contributed by atoms with E-state index in [0.29, 0.717) is 12.0 Å². The van der Waals surface area contributed by atoms with Crippen molar-refractivity contribution in [2.24, 2.45) is 23.0 Å². The van der Waals surface area contributed by atoms with Gasteiger partial charge in [0.05, 0.1) is 12.1 Å². The highest BCUT2D eigenvalue weighted by Gasteiger charge is 2.58. The molecule has 19 heavy (non-hydrogen) atoms. The largest absolute Gasteiger partial charge is 0.322 e. The lowest BCUT2D eigenvalue weighted by molar-refractivity contribution is -0.136. The van der Waals surface area contributed by atoms with Crippen molar-refractivity contribution < 1.29 is 4.79 Å². The molecule has 1 heterocycles. The van der Waals surface area contributed by atoms with Crippen molar-refractivity contribution in [1.29, 1.82) is 5.26 Å². The molecule has 4 heteroatoms. The number of nitrogens with zero attached hydrogens (tertiary/aromatic N) is 2. The second kappa shape index (κ2) is 3.73. The number of carbonyl (C=O) groups is 1. The minimum absolute atomic E-state index is 0.0642. The highest BCUT2D eigenvalue weighted by atomic mass is 16.2. The number of fused-ring (bicyclic) bond motifs is 3. The van der Waals surface area contributed by atoms with Crippen molar-refractivity contribution in [3.8, 4) is 6.07 Å². The Morgan fingerprint density at radius 1 is 1.37 bits per heavy atom. The maximum absolute atomic E-state index is 12.8. The van der Waals surface area contributed by atoms with Gasteiger partial charge in [0.15, 0.2) is 0 Å². The molecular weight excluding hydrogens is 238 g/mol. The maximum Gasteiger partial charge on any atom is 0.241 e. The Morgan fingerprint density at radius 3 is 2.68 bits per heavy atom. The smallest absolute Gasteiger partial charge is 0.241 e. The van der Waals surface area contributed by atoms with E-state index in [2.05, 4.69) is 6.07 Å². The van der Waals surface area contributed by atoms with Gasteiger partial charge in [-0.15, -0.1) is 0 Å². The summed E-state index contributed by atoms with van der Waals surface area (Å²) in [5.41, 5.74) is 6.44. The average molecular weight is 259 g/mol. The Bertz CT molecular complexity index is 461. The molecule has 4 atom stereocenters. The predicted molar refractivity (Wildman–Crippen MR) is 69.7 cm³/mol. The Morgan fingerprint density at radius 2 is 2.11 bits per heavy atom. The van der Waals surface area contributed by atoms with Crippen LogP contribution in [-0.2, 0) is 4.79 Å². The van der Waals surface area contributed by atoms with E-state index >= 15 is 0 Å². The van der Waals surface area contributed by atoms with Crippen LogP contribution in [0.3, 0.4) is 0 Å². The number of carbonyl (C=O) groups excluding carboxylic acids is 1. The van der Waals surface area contributed by atoms with Crippen molar-refractivity contribution in [2.45, 2.75) is 63.1 Å². The summed E-state index contributed by atoms with van der Waals surface area (Å²) < 4.78 is 0. The van der Waals surface area contributed by atoms with Crippen LogP contribution in [0.1, 0.15) is 44.9 Å². The molecule has 0 spiro atoms. The van der Waals surface area contributed by atoms with Crippen molar-refractivity contribution in [1.82, 2.24) is 4.90 Å². The van der Waals surface area contributed by atoms with Crippen LogP contribution in [0.2, 0.25) is 0 Å². The molecule has 0 aromatic carbocycles. The SMILES string of the molecule is N#CC1CC2CC2N1C(=O)[C@@H](N)C12CCC(CC1)C2. The summed E-state index contributed by atoms with van der Waals surface area (Å²) in [6, 6.07) is 2.05. The van der Waals surface area contributed by atoms with E-state index in [1.54, 1.807) is 0 Å². The van der Waals surface area contributed by atoms with Gasteiger partial charge in [-0.2, -0.15) is 5.26 Å². The zero-order valence-corrected chi connectivity index (χ0v) is 11.2. The van der Waals surface area contributed by atoms with Gasteiger partial charge in [-0.25, -0.2) is 0 Å². The molecule has 0 radical (unpaired) electrons. The van der Waals surface area contributed by atoms with E-state index in [1.165, 1.54) is 12.8 Å². The quantitative estimate of drug-likeness (QED) is 0.815. The van der Waals surface area contributed by atoms with Gasteiger partial charge in [0.1, 0.15) is 6.04 Å². The standard InChI is InChI=1S/C15H21N3O/c16-8-11-5-10-6-12(10)18(11)14(19)13(17)15-3-1-9(7-15)2-4-15/h9-13H,1-7,17H2/t9?,10?,11?,12?,13-,15?/m1/s1. The number of piperidine rings is 1. The summed E-state index contributed by atoms with van der Waals surface area (Å²) >= 11 is 0. The number of rotatable bonds is 2. The van der Waals surface area contributed by atoms with Gasteiger partial charge >= 0.3 is 0 Å². The lowest BCUT2D eigenvalue weighted by Crippen LogP contribution is -2.54. The number of nitriles is 1. The van der Waals surface area contributed by atoms with Crippen molar-refractivity contribution in [2.75, 3.05) is 0 Å². The minimum Gasteiger partial charge on any atom is -0.322 e. The minimum atomic E-state index is -0.366. The van der Waals surface area contributed by atoms with Gasteiger partial charge in [0.2, 0.25) is 5.91 Å². The van der Waals surface area contributed by atoms with E-state index in [0.717, 1.165) is 38.0 Å². The fraction of sp³-hybridized carbons (Fsp3) is 0.867. The summed E-state index contributed by atoms with van der Waals surface area (Å²) in [5, 5.41) is 9.22. The van der Waals surface area contributed by atoms with Gasteiger partial charge < -0.3 is 10.6 Å². The first kappa shape index (κ1) is 11.7. The monoisotopic (exact) mass is 259 g/mol. The molecule has 1 amide bonds. The molecule has 0 aromatic rings. The number of hydrogen-bond donors (Lipinski definition) is 1. The average Bonchev–Trinajstić information content (AvgIpc) is 2.86.